The van der Waals surface area contributed by atoms with Gasteiger partial charge >= 0.3 is 6.03 Å². The van der Waals surface area contributed by atoms with E-state index in [1.54, 1.807) is 24.1 Å². The second-order valence-corrected chi connectivity index (χ2v) is 8.09. The first-order valence-electron chi connectivity index (χ1n) is 10.8. The predicted molar refractivity (Wildman–Crippen MR) is 118 cm³/mol. The van der Waals surface area contributed by atoms with Crippen LogP contribution in [0.2, 0.25) is 0 Å². The fourth-order valence-electron chi connectivity index (χ4n) is 4.32. The van der Waals surface area contributed by atoms with Crippen molar-refractivity contribution in [1.29, 1.82) is 0 Å². The van der Waals surface area contributed by atoms with Gasteiger partial charge in [-0.1, -0.05) is 12.1 Å². The average molecular weight is 437 g/mol. The van der Waals surface area contributed by atoms with E-state index in [1.165, 1.54) is 12.8 Å². The highest BCUT2D eigenvalue weighted by molar-refractivity contribution is 5.98. The summed E-state index contributed by atoms with van der Waals surface area (Å²) in [7, 11) is 1.59. The van der Waals surface area contributed by atoms with Crippen molar-refractivity contribution in [3.8, 4) is 11.5 Å². The van der Waals surface area contributed by atoms with Crippen molar-refractivity contribution in [1.82, 2.24) is 15.5 Å². The summed E-state index contributed by atoms with van der Waals surface area (Å²) in [5, 5.41) is 4.88. The van der Waals surface area contributed by atoms with Gasteiger partial charge in [-0.3, -0.25) is 14.9 Å². The van der Waals surface area contributed by atoms with Crippen LogP contribution in [0.15, 0.2) is 42.5 Å². The molecular weight excluding hydrogens is 410 g/mol. The molecule has 8 nitrogen and oxygen atoms in total. The molecule has 8 heteroatoms. The van der Waals surface area contributed by atoms with Crippen molar-refractivity contribution >= 4 is 18.3 Å². The van der Waals surface area contributed by atoms with Gasteiger partial charge in [-0.25, -0.2) is 4.79 Å². The first kappa shape index (κ1) is 21.7. The van der Waals surface area contributed by atoms with Crippen molar-refractivity contribution in [2.45, 2.75) is 44.4 Å². The molecule has 4 amide bonds. The number of fused-ring (bicyclic) bond motifs is 1. The maximum Gasteiger partial charge on any atom is 0.321 e. The van der Waals surface area contributed by atoms with E-state index in [0.717, 1.165) is 29.7 Å². The molecule has 2 aromatic carbocycles. The van der Waals surface area contributed by atoms with Gasteiger partial charge in [0.1, 0.15) is 11.5 Å². The van der Waals surface area contributed by atoms with Crippen LogP contribution in [0, 0.1) is 0 Å². The lowest BCUT2D eigenvalue weighted by Crippen LogP contribution is -2.42. The van der Waals surface area contributed by atoms with E-state index in [4.69, 9.17) is 9.47 Å². The molecule has 1 fully saturated rings. The number of imide groups is 1. The van der Waals surface area contributed by atoms with Crippen LogP contribution in [0.3, 0.4) is 0 Å². The van der Waals surface area contributed by atoms with Crippen molar-refractivity contribution < 1.29 is 23.9 Å². The summed E-state index contributed by atoms with van der Waals surface area (Å²) in [5.74, 6) is 1.37. The summed E-state index contributed by atoms with van der Waals surface area (Å²) >= 11 is 0. The minimum atomic E-state index is -0.623. The van der Waals surface area contributed by atoms with Crippen LogP contribution in [0.4, 0.5) is 4.79 Å². The molecule has 1 aliphatic carbocycles. The molecule has 1 aliphatic heterocycles. The number of carbonyl (C=O) groups is 3. The van der Waals surface area contributed by atoms with Crippen LogP contribution >= 0.6 is 0 Å². The van der Waals surface area contributed by atoms with Gasteiger partial charge in [-0.2, -0.15) is 0 Å². The summed E-state index contributed by atoms with van der Waals surface area (Å²) in [6.07, 6.45) is 5.11. The van der Waals surface area contributed by atoms with Gasteiger partial charge in [0.2, 0.25) is 6.41 Å². The molecule has 1 saturated carbocycles. The Kier molecular flexibility index (Phi) is 6.58. The molecule has 2 aromatic rings. The number of hydrogen-bond donors (Lipinski definition) is 2. The molecule has 1 heterocycles. The number of urea groups is 1. The predicted octanol–water partition coefficient (Wildman–Crippen LogP) is 3.17. The Morgan fingerprint density at radius 2 is 1.88 bits per heavy atom. The van der Waals surface area contributed by atoms with Gasteiger partial charge in [-0.05, 0) is 67.1 Å². The van der Waals surface area contributed by atoms with Gasteiger partial charge in [0.05, 0.1) is 19.3 Å². The Morgan fingerprint density at radius 3 is 2.56 bits per heavy atom. The third-order valence-corrected chi connectivity index (χ3v) is 5.98. The highest BCUT2D eigenvalue weighted by atomic mass is 16.5. The highest BCUT2D eigenvalue weighted by Crippen LogP contribution is 2.29. The van der Waals surface area contributed by atoms with Gasteiger partial charge in [0.15, 0.2) is 0 Å². The number of ether oxygens (including phenoxy) is 2. The number of carbonyl (C=O) groups excluding carboxylic acids is 3. The van der Waals surface area contributed by atoms with E-state index >= 15 is 0 Å². The lowest BCUT2D eigenvalue weighted by atomic mass is 10.1. The van der Waals surface area contributed by atoms with E-state index in [2.05, 4.69) is 10.6 Å². The van der Waals surface area contributed by atoms with Crippen LogP contribution in [0.5, 0.6) is 11.5 Å². The summed E-state index contributed by atoms with van der Waals surface area (Å²) in [6.45, 7) is 0.673. The molecule has 0 radical (unpaired) electrons. The van der Waals surface area contributed by atoms with Gasteiger partial charge in [-0.15, -0.1) is 0 Å². The Bertz CT molecular complexity index is 986. The minimum absolute atomic E-state index is 0.105. The molecule has 0 spiro atoms. The Labute approximate surface area is 186 Å². The van der Waals surface area contributed by atoms with Crippen molar-refractivity contribution in [2.24, 2.45) is 0 Å². The minimum Gasteiger partial charge on any atom is -0.497 e. The monoisotopic (exact) mass is 437 g/mol. The summed E-state index contributed by atoms with van der Waals surface area (Å²) in [6, 6.07) is 11.8. The molecule has 0 saturated heterocycles. The smallest absolute Gasteiger partial charge is 0.321 e. The largest absolute Gasteiger partial charge is 0.497 e. The highest BCUT2D eigenvalue weighted by Gasteiger charge is 2.30. The summed E-state index contributed by atoms with van der Waals surface area (Å²) in [4.78, 5) is 37.3. The third kappa shape index (κ3) is 4.85. The molecule has 4 rings (SSSR count). The maximum absolute atomic E-state index is 12.9. The zero-order valence-electron chi connectivity index (χ0n) is 18.0. The molecule has 1 atom stereocenters. The number of amides is 4. The summed E-state index contributed by atoms with van der Waals surface area (Å²) in [5.41, 5.74) is 2.32. The fourth-order valence-corrected chi connectivity index (χ4v) is 4.32. The Hall–Kier alpha value is -3.55. The van der Waals surface area contributed by atoms with Crippen LogP contribution in [-0.4, -0.2) is 43.0 Å². The first-order chi connectivity index (χ1) is 15.6. The van der Waals surface area contributed by atoms with Gasteiger partial charge in [0.25, 0.3) is 5.91 Å². The number of hydrogen-bond acceptors (Lipinski definition) is 5. The van der Waals surface area contributed by atoms with Crippen LogP contribution in [-0.2, 0) is 11.3 Å². The quantitative estimate of drug-likeness (QED) is 0.619. The molecule has 2 aliphatic rings. The molecule has 0 unspecified atom stereocenters. The molecule has 32 heavy (non-hydrogen) atoms. The van der Waals surface area contributed by atoms with Crippen molar-refractivity contribution in [2.75, 3.05) is 13.7 Å². The van der Waals surface area contributed by atoms with E-state index in [-0.39, 0.29) is 18.6 Å². The van der Waals surface area contributed by atoms with Crippen LogP contribution < -0.4 is 20.1 Å². The number of nitrogens with zero attached hydrogens (tertiary/aromatic N) is 1. The lowest BCUT2D eigenvalue weighted by molar-refractivity contribution is -0.108. The number of rotatable bonds is 8. The number of benzene rings is 2. The standard InChI is InChI=1S/C24H27N3O5/c1-31-20-10-11-21-17(12-20)13-27(23(21)29)14-22(26-24(30)25-15-28)16-6-8-19(9-7-16)32-18-4-2-3-5-18/h6-12,15,18,22H,2-5,13-14H2,1H3,(H2,25,26,28,30)/t22-/m0/s1. The fraction of sp³-hybridized carbons (Fsp3) is 0.375. The second kappa shape index (κ2) is 9.72. The van der Waals surface area contributed by atoms with E-state index in [9.17, 15) is 14.4 Å². The molecule has 0 aromatic heterocycles. The molecule has 2 N–H and O–H groups in total. The normalized spacial score (nSPS) is 16.4. The first-order valence-corrected chi connectivity index (χ1v) is 10.8. The average Bonchev–Trinajstić information content (AvgIpc) is 3.41. The molecule has 168 valence electrons. The maximum atomic E-state index is 12.9. The van der Waals surface area contributed by atoms with E-state index < -0.39 is 12.1 Å². The molecule has 0 bridgehead atoms. The molecular formula is C24H27N3O5. The zero-order chi connectivity index (χ0) is 22.5. The van der Waals surface area contributed by atoms with Crippen molar-refractivity contribution in [3.63, 3.8) is 0 Å². The number of nitrogens with one attached hydrogen (secondary N) is 2. The Balaban J connectivity index is 1.50. The van der Waals surface area contributed by atoms with Crippen molar-refractivity contribution in [3.05, 3.63) is 59.2 Å². The van der Waals surface area contributed by atoms with E-state index in [1.807, 2.05) is 30.3 Å². The third-order valence-electron chi connectivity index (χ3n) is 5.98. The topological polar surface area (TPSA) is 97.0 Å². The summed E-state index contributed by atoms with van der Waals surface area (Å²) < 4.78 is 11.3. The SMILES string of the molecule is COc1ccc2c(c1)CN(C[C@H](NC(=O)NC=O)c1ccc(OC3CCCC3)cc1)C2=O. The lowest BCUT2D eigenvalue weighted by Gasteiger charge is -2.25. The Morgan fingerprint density at radius 1 is 1.16 bits per heavy atom. The van der Waals surface area contributed by atoms with Crippen LogP contribution in [0.1, 0.15) is 53.2 Å². The van der Waals surface area contributed by atoms with Gasteiger partial charge < -0.3 is 19.7 Å². The van der Waals surface area contributed by atoms with E-state index in [0.29, 0.717) is 24.3 Å². The zero-order valence-corrected chi connectivity index (χ0v) is 18.0. The second-order valence-electron chi connectivity index (χ2n) is 8.09. The number of methoxy groups -OCH3 is 1. The van der Waals surface area contributed by atoms with Gasteiger partial charge in [0, 0.05) is 18.7 Å². The van der Waals surface area contributed by atoms with Crippen LogP contribution in [0.25, 0.3) is 0 Å².